The van der Waals surface area contributed by atoms with E-state index < -0.39 is 0 Å². The maximum Gasteiger partial charge on any atom is 0.247 e. The molecular formula is C31H25ClN4. The van der Waals surface area contributed by atoms with Crippen molar-refractivity contribution in [2.75, 3.05) is 5.01 Å². The highest BCUT2D eigenvalue weighted by Gasteiger charge is 2.33. The number of benzene rings is 4. The van der Waals surface area contributed by atoms with Crippen LogP contribution < -0.4 is 5.01 Å². The summed E-state index contributed by atoms with van der Waals surface area (Å²) in [5.41, 5.74) is 8.54. The van der Waals surface area contributed by atoms with Gasteiger partial charge in [0.25, 0.3) is 0 Å². The summed E-state index contributed by atoms with van der Waals surface area (Å²) in [5.74, 6) is 0.582. The topological polar surface area (TPSA) is 41.4 Å². The van der Waals surface area contributed by atoms with Crippen molar-refractivity contribution < 1.29 is 0 Å². The molecule has 5 heteroatoms. The molecular weight excluding hydrogens is 464 g/mol. The molecule has 36 heavy (non-hydrogen) atoms. The molecule has 1 aliphatic rings. The summed E-state index contributed by atoms with van der Waals surface area (Å²) in [5, 5.41) is 8.70. The number of rotatable bonds is 4. The lowest BCUT2D eigenvalue weighted by atomic mass is 9.95. The van der Waals surface area contributed by atoms with Crippen molar-refractivity contribution in [3.63, 3.8) is 0 Å². The maximum absolute atomic E-state index is 6.38. The van der Waals surface area contributed by atoms with Gasteiger partial charge in [0.15, 0.2) is 0 Å². The molecule has 0 bridgehead atoms. The standard InChI is InChI=1S/C31H25ClN4/c1-20-12-14-22(15-13-20)28-19-29(25-11-7-6-8-21(25)2)36(35-28)31-33-27-17-16-24(32)18-26(27)30(34-31)23-9-4-3-5-10-23/h3-18,29H,19H2,1-2H3/t29-/m0/s1. The van der Waals surface area contributed by atoms with E-state index in [2.05, 4.69) is 74.5 Å². The van der Waals surface area contributed by atoms with Crippen LogP contribution in [0, 0.1) is 13.8 Å². The lowest BCUT2D eigenvalue weighted by Crippen LogP contribution is -2.22. The number of aryl methyl sites for hydroxylation is 2. The van der Waals surface area contributed by atoms with E-state index in [-0.39, 0.29) is 6.04 Å². The zero-order valence-corrected chi connectivity index (χ0v) is 20.9. The van der Waals surface area contributed by atoms with Gasteiger partial charge in [-0.2, -0.15) is 5.10 Å². The van der Waals surface area contributed by atoms with Gasteiger partial charge in [0.2, 0.25) is 5.95 Å². The van der Waals surface area contributed by atoms with E-state index in [9.17, 15) is 0 Å². The summed E-state index contributed by atoms with van der Waals surface area (Å²) in [6.07, 6.45) is 0.774. The monoisotopic (exact) mass is 488 g/mol. The van der Waals surface area contributed by atoms with Gasteiger partial charge in [0.05, 0.1) is 23.0 Å². The van der Waals surface area contributed by atoms with Crippen molar-refractivity contribution in [2.24, 2.45) is 5.10 Å². The fraction of sp³-hybridized carbons (Fsp3) is 0.129. The molecule has 0 unspecified atom stereocenters. The highest BCUT2D eigenvalue weighted by atomic mass is 35.5. The molecule has 2 heterocycles. The van der Waals surface area contributed by atoms with Crippen LogP contribution in [0.25, 0.3) is 22.2 Å². The van der Waals surface area contributed by atoms with Crippen molar-refractivity contribution in [1.29, 1.82) is 0 Å². The number of hydrazone groups is 1. The lowest BCUT2D eigenvalue weighted by Gasteiger charge is -2.24. The SMILES string of the molecule is Cc1ccc(C2=NN(c3nc(-c4ccccc4)c4cc(Cl)ccc4n3)[C@H](c3ccccc3C)C2)cc1. The third-order valence-electron chi connectivity index (χ3n) is 6.74. The Kier molecular flexibility index (Phi) is 5.74. The number of hydrogen-bond acceptors (Lipinski definition) is 4. The van der Waals surface area contributed by atoms with Crippen LogP contribution in [0.2, 0.25) is 5.02 Å². The van der Waals surface area contributed by atoms with E-state index in [4.69, 9.17) is 26.7 Å². The minimum atomic E-state index is -0.00382. The maximum atomic E-state index is 6.38. The van der Waals surface area contributed by atoms with Crippen molar-refractivity contribution in [1.82, 2.24) is 9.97 Å². The predicted molar refractivity (Wildman–Crippen MR) is 149 cm³/mol. The van der Waals surface area contributed by atoms with Crippen LogP contribution in [0.4, 0.5) is 5.95 Å². The second-order valence-electron chi connectivity index (χ2n) is 9.23. The molecule has 0 fully saturated rings. The molecule has 0 N–H and O–H groups in total. The van der Waals surface area contributed by atoms with Gasteiger partial charge < -0.3 is 0 Å². The van der Waals surface area contributed by atoms with Gasteiger partial charge in [0, 0.05) is 22.4 Å². The fourth-order valence-electron chi connectivity index (χ4n) is 4.83. The Morgan fingerprint density at radius 1 is 0.778 bits per heavy atom. The molecule has 1 aliphatic heterocycles. The number of anilines is 1. The van der Waals surface area contributed by atoms with Crippen LogP contribution >= 0.6 is 11.6 Å². The molecule has 0 amide bonds. The quantitative estimate of drug-likeness (QED) is 0.258. The highest BCUT2D eigenvalue weighted by Crippen LogP contribution is 2.38. The van der Waals surface area contributed by atoms with Crippen LogP contribution in [-0.4, -0.2) is 15.7 Å². The van der Waals surface area contributed by atoms with Crippen LogP contribution in [0.1, 0.15) is 34.7 Å². The number of aromatic nitrogens is 2. The minimum Gasteiger partial charge on any atom is -0.223 e. The van der Waals surface area contributed by atoms with E-state index in [1.165, 1.54) is 16.7 Å². The summed E-state index contributed by atoms with van der Waals surface area (Å²) in [6.45, 7) is 4.25. The van der Waals surface area contributed by atoms with Gasteiger partial charge >= 0.3 is 0 Å². The molecule has 5 aromatic rings. The van der Waals surface area contributed by atoms with E-state index >= 15 is 0 Å². The fourth-order valence-corrected chi connectivity index (χ4v) is 5.00. The summed E-state index contributed by atoms with van der Waals surface area (Å²) in [4.78, 5) is 10.1. The summed E-state index contributed by atoms with van der Waals surface area (Å²) < 4.78 is 0. The Morgan fingerprint density at radius 2 is 1.53 bits per heavy atom. The van der Waals surface area contributed by atoms with Crippen LogP contribution in [-0.2, 0) is 0 Å². The van der Waals surface area contributed by atoms with Crippen molar-refractivity contribution in [3.8, 4) is 11.3 Å². The van der Waals surface area contributed by atoms with Gasteiger partial charge in [-0.15, -0.1) is 0 Å². The van der Waals surface area contributed by atoms with Gasteiger partial charge in [-0.25, -0.2) is 15.0 Å². The molecule has 6 rings (SSSR count). The van der Waals surface area contributed by atoms with Gasteiger partial charge in [-0.3, -0.25) is 0 Å². The first-order valence-corrected chi connectivity index (χ1v) is 12.5. The van der Waals surface area contributed by atoms with E-state index in [1.807, 2.05) is 41.4 Å². The van der Waals surface area contributed by atoms with Gasteiger partial charge in [-0.1, -0.05) is 96.0 Å². The van der Waals surface area contributed by atoms with E-state index in [0.717, 1.165) is 39.9 Å². The molecule has 1 atom stereocenters. The second-order valence-corrected chi connectivity index (χ2v) is 9.67. The van der Waals surface area contributed by atoms with Gasteiger partial charge in [0.1, 0.15) is 0 Å². The van der Waals surface area contributed by atoms with E-state index in [0.29, 0.717) is 11.0 Å². The zero-order valence-electron chi connectivity index (χ0n) is 20.2. The van der Waals surface area contributed by atoms with Crippen LogP contribution in [0.15, 0.2) is 102 Å². The Balaban J connectivity index is 1.55. The number of nitrogens with zero attached hydrogens (tertiary/aromatic N) is 4. The second kappa shape index (κ2) is 9.21. The van der Waals surface area contributed by atoms with Crippen molar-refractivity contribution in [3.05, 3.63) is 124 Å². The minimum absolute atomic E-state index is 0.00382. The average Bonchev–Trinajstić information content (AvgIpc) is 3.34. The molecule has 0 spiro atoms. The van der Waals surface area contributed by atoms with Crippen LogP contribution in [0.5, 0.6) is 0 Å². The Labute approximate surface area is 215 Å². The molecule has 176 valence electrons. The largest absolute Gasteiger partial charge is 0.247 e. The van der Waals surface area contributed by atoms with E-state index in [1.54, 1.807) is 0 Å². The molecule has 4 aromatic carbocycles. The first-order chi connectivity index (χ1) is 17.6. The van der Waals surface area contributed by atoms with Gasteiger partial charge in [-0.05, 0) is 48.7 Å². The Morgan fingerprint density at radius 3 is 2.31 bits per heavy atom. The molecule has 1 aromatic heterocycles. The number of fused-ring (bicyclic) bond motifs is 1. The predicted octanol–water partition coefficient (Wildman–Crippen LogP) is 7.92. The third-order valence-corrected chi connectivity index (χ3v) is 6.98. The first kappa shape index (κ1) is 22.4. The molecule has 0 saturated carbocycles. The molecule has 0 radical (unpaired) electrons. The molecule has 0 saturated heterocycles. The summed E-state index contributed by atoms with van der Waals surface area (Å²) >= 11 is 6.38. The Hall–Kier alpha value is -4.02. The number of halogens is 1. The smallest absolute Gasteiger partial charge is 0.223 e. The highest BCUT2D eigenvalue weighted by molar-refractivity contribution is 6.31. The zero-order chi connectivity index (χ0) is 24.6. The molecule has 0 aliphatic carbocycles. The average molecular weight is 489 g/mol. The first-order valence-electron chi connectivity index (χ1n) is 12.1. The summed E-state index contributed by atoms with van der Waals surface area (Å²) in [6, 6.07) is 33.0. The van der Waals surface area contributed by atoms with Crippen molar-refractivity contribution >= 4 is 34.2 Å². The summed E-state index contributed by atoms with van der Waals surface area (Å²) in [7, 11) is 0. The third kappa shape index (κ3) is 4.14. The Bertz CT molecular complexity index is 1590. The lowest BCUT2D eigenvalue weighted by molar-refractivity contribution is 0.685. The molecule has 4 nitrogen and oxygen atoms in total. The van der Waals surface area contributed by atoms with Crippen molar-refractivity contribution in [2.45, 2.75) is 26.3 Å². The normalized spacial score (nSPS) is 15.4. The van der Waals surface area contributed by atoms with Crippen LogP contribution in [0.3, 0.4) is 0 Å². The number of hydrogen-bond donors (Lipinski definition) is 0.